The highest BCUT2D eigenvalue weighted by molar-refractivity contribution is 7.13. The van der Waals surface area contributed by atoms with Crippen molar-refractivity contribution in [2.45, 2.75) is 52.1 Å². The van der Waals surface area contributed by atoms with Crippen LogP contribution in [0.5, 0.6) is 0 Å². The molecule has 1 aromatic carbocycles. The van der Waals surface area contributed by atoms with Gasteiger partial charge in [-0.15, -0.1) is 11.3 Å². The van der Waals surface area contributed by atoms with Gasteiger partial charge in [-0.1, -0.05) is 32.9 Å². The van der Waals surface area contributed by atoms with Gasteiger partial charge in [0.25, 0.3) is 0 Å². The number of thiazole rings is 1. The van der Waals surface area contributed by atoms with E-state index in [4.69, 9.17) is 0 Å². The predicted octanol–water partition coefficient (Wildman–Crippen LogP) is 4.54. The van der Waals surface area contributed by atoms with Gasteiger partial charge in [-0.3, -0.25) is 0 Å². The summed E-state index contributed by atoms with van der Waals surface area (Å²) in [6.45, 7) is 13.5. The Hall–Kier alpha value is -1.55. The van der Waals surface area contributed by atoms with Gasteiger partial charge in [0, 0.05) is 42.4 Å². The van der Waals surface area contributed by atoms with Gasteiger partial charge in [-0.25, -0.2) is 4.98 Å². The quantitative estimate of drug-likeness (QED) is 0.806. The van der Waals surface area contributed by atoms with Crippen LogP contribution in [0.2, 0.25) is 0 Å². The molecule has 1 fully saturated rings. The number of anilines is 2. The third-order valence-corrected chi connectivity index (χ3v) is 5.44. The lowest BCUT2D eigenvalue weighted by Crippen LogP contribution is -2.57. The van der Waals surface area contributed by atoms with Crippen molar-refractivity contribution in [3.05, 3.63) is 41.4 Å². The summed E-state index contributed by atoms with van der Waals surface area (Å²) in [5.74, 6) is 0. The second-order valence-corrected chi connectivity index (χ2v) is 8.49. The summed E-state index contributed by atoms with van der Waals surface area (Å²) in [4.78, 5) is 9.47. The molecule has 0 amide bonds. The molecule has 4 heteroatoms. The monoisotopic (exact) mass is 329 g/mol. The number of rotatable bonds is 2. The van der Waals surface area contributed by atoms with Crippen LogP contribution in [-0.4, -0.2) is 30.2 Å². The van der Waals surface area contributed by atoms with Crippen LogP contribution >= 0.6 is 11.3 Å². The number of hydrogen-bond donors (Lipinski definition) is 0. The van der Waals surface area contributed by atoms with E-state index in [1.54, 1.807) is 11.3 Å². The van der Waals surface area contributed by atoms with Crippen molar-refractivity contribution in [1.82, 2.24) is 4.98 Å². The van der Waals surface area contributed by atoms with Crippen molar-refractivity contribution in [3.63, 3.8) is 0 Å². The van der Waals surface area contributed by atoms with E-state index in [0.29, 0.717) is 12.1 Å². The molecule has 1 aromatic heterocycles. The number of benzene rings is 1. The van der Waals surface area contributed by atoms with Crippen molar-refractivity contribution >= 4 is 22.2 Å². The molecule has 1 saturated heterocycles. The molecule has 1 aliphatic rings. The summed E-state index contributed by atoms with van der Waals surface area (Å²) in [7, 11) is 0. The average Bonchev–Trinajstić information content (AvgIpc) is 2.99. The van der Waals surface area contributed by atoms with Crippen LogP contribution in [0.4, 0.5) is 10.8 Å². The summed E-state index contributed by atoms with van der Waals surface area (Å²) in [5, 5.41) is 3.21. The zero-order valence-corrected chi connectivity index (χ0v) is 15.6. The van der Waals surface area contributed by atoms with Gasteiger partial charge >= 0.3 is 0 Å². The SMILES string of the molecule is CC1CN(c2ccc(C(C)(C)C)cc2)CC(C)N1c1nccs1. The Morgan fingerprint density at radius 3 is 2.13 bits per heavy atom. The molecule has 0 saturated carbocycles. The molecule has 1 aliphatic heterocycles. The maximum Gasteiger partial charge on any atom is 0.185 e. The summed E-state index contributed by atoms with van der Waals surface area (Å²) >= 11 is 1.73. The van der Waals surface area contributed by atoms with Crippen LogP contribution in [0.3, 0.4) is 0 Å². The molecular weight excluding hydrogens is 302 g/mol. The molecule has 0 radical (unpaired) electrons. The highest BCUT2D eigenvalue weighted by Crippen LogP contribution is 2.30. The highest BCUT2D eigenvalue weighted by atomic mass is 32.1. The average molecular weight is 330 g/mol. The third-order valence-electron chi connectivity index (χ3n) is 4.66. The van der Waals surface area contributed by atoms with E-state index in [0.717, 1.165) is 18.2 Å². The van der Waals surface area contributed by atoms with Gasteiger partial charge in [-0.05, 0) is 37.0 Å². The first kappa shape index (κ1) is 16.3. The normalized spacial score (nSPS) is 22.5. The number of nitrogens with zero attached hydrogens (tertiary/aromatic N) is 3. The lowest BCUT2D eigenvalue weighted by atomic mass is 9.87. The van der Waals surface area contributed by atoms with E-state index < -0.39 is 0 Å². The van der Waals surface area contributed by atoms with Crippen LogP contribution in [0.15, 0.2) is 35.8 Å². The van der Waals surface area contributed by atoms with E-state index in [1.165, 1.54) is 11.3 Å². The molecule has 2 heterocycles. The fourth-order valence-corrected chi connectivity index (χ4v) is 4.27. The lowest BCUT2D eigenvalue weighted by Gasteiger charge is -2.45. The Balaban J connectivity index is 1.76. The van der Waals surface area contributed by atoms with Crippen LogP contribution in [0.25, 0.3) is 0 Å². The molecule has 0 N–H and O–H groups in total. The van der Waals surface area contributed by atoms with Gasteiger partial charge in [0.2, 0.25) is 0 Å². The van der Waals surface area contributed by atoms with Crippen molar-refractivity contribution in [2.24, 2.45) is 0 Å². The van der Waals surface area contributed by atoms with Gasteiger partial charge < -0.3 is 9.80 Å². The van der Waals surface area contributed by atoms with E-state index in [9.17, 15) is 0 Å². The van der Waals surface area contributed by atoms with E-state index in [-0.39, 0.29) is 5.41 Å². The minimum atomic E-state index is 0.211. The number of hydrogen-bond acceptors (Lipinski definition) is 4. The Bertz CT molecular complexity index is 616. The van der Waals surface area contributed by atoms with Crippen molar-refractivity contribution in [1.29, 1.82) is 0 Å². The summed E-state index contributed by atoms with van der Waals surface area (Å²) in [6, 6.07) is 10.0. The number of piperazine rings is 1. The molecule has 0 spiro atoms. The zero-order valence-electron chi connectivity index (χ0n) is 14.8. The van der Waals surface area contributed by atoms with Gasteiger partial charge in [-0.2, -0.15) is 0 Å². The van der Waals surface area contributed by atoms with Crippen LogP contribution in [0.1, 0.15) is 40.2 Å². The van der Waals surface area contributed by atoms with Gasteiger partial charge in [0.05, 0.1) is 0 Å². The summed E-state index contributed by atoms with van der Waals surface area (Å²) in [6.07, 6.45) is 1.90. The zero-order chi connectivity index (χ0) is 16.6. The summed E-state index contributed by atoms with van der Waals surface area (Å²) < 4.78 is 0. The predicted molar refractivity (Wildman–Crippen MR) is 101 cm³/mol. The van der Waals surface area contributed by atoms with Gasteiger partial charge in [0.1, 0.15) is 0 Å². The molecule has 0 aliphatic carbocycles. The van der Waals surface area contributed by atoms with Gasteiger partial charge in [0.15, 0.2) is 5.13 Å². The maximum absolute atomic E-state index is 4.50. The standard InChI is InChI=1S/C19H27N3S/c1-14-12-21(13-15(2)22(14)18-20-10-11-23-18)17-8-6-16(7-9-17)19(3,4)5/h6-11,14-15H,12-13H2,1-5H3. The van der Waals surface area contributed by atoms with Crippen LogP contribution in [0, 0.1) is 0 Å². The minimum absolute atomic E-state index is 0.211. The van der Waals surface area contributed by atoms with E-state index in [1.807, 2.05) is 6.20 Å². The van der Waals surface area contributed by atoms with Crippen LogP contribution in [-0.2, 0) is 5.41 Å². The number of aromatic nitrogens is 1. The third kappa shape index (κ3) is 3.37. The highest BCUT2D eigenvalue weighted by Gasteiger charge is 2.31. The topological polar surface area (TPSA) is 19.4 Å². The molecule has 3 rings (SSSR count). The second kappa shape index (κ2) is 6.16. The van der Waals surface area contributed by atoms with Crippen molar-refractivity contribution in [3.8, 4) is 0 Å². The first-order valence-corrected chi connectivity index (χ1v) is 9.27. The van der Waals surface area contributed by atoms with E-state index in [2.05, 4.69) is 79.0 Å². The van der Waals surface area contributed by atoms with Crippen LogP contribution < -0.4 is 9.80 Å². The first-order chi connectivity index (χ1) is 10.9. The summed E-state index contributed by atoms with van der Waals surface area (Å²) in [5.41, 5.74) is 2.93. The molecule has 0 bridgehead atoms. The minimum Gasteiger partial charge on any atom is -0.367 e. The smallest absolute Gasteiger partial charge is 0.185 e. The molecule has 2 unspecified atom stereocenters. The molecule has 3 nitrogen and oxygen atoms in total. The first-order valence-electron chi connectivity index (χ1n) is 8.39. The molecular formula is C19H27N3S. The van der Waals surface area contributed by atoms with Crippen molar-refractivity contribution in [2.75, 3.05) is 22.9 Å². The Morgan fingerprint density at radius 1 is 1.04 bits per heavy atom. The fourth-order valence-electron chi connectivity index (χ4n) is 3.43. The van der Waals surface area contributed by atoms with Crippen molar-refractivity contribution < 1.29 is 0 Å². The lowest BCUT2D eigenvalue weighted by molar-refractivity contribution is 0.474. The maximum atomic E-state index is 4.50. The van der Waals surface area contributed by atoms with E-state index >= 15 is 0 Å². The molecule has 23 heavy (non-hydrogen) atoms. The largest absolute Gasteiger partial charge is 0.367 e. The second-order valence-electron chi connectivity index (χ2n) is 7.62. The Labute approximate surface area is 144 Å². The molecule has 124 valence electrons. The molecule has 2 atom stereocenters. The Morgan fingerprint density at radius 2 is 1.65 bits per heavy atom. The fraction of sp³-hybridized carbons (Fsp3) is 0.526. The Kier molecular flexibility index (Phi) is 4.37. The molecule has 2 aromatic rings.